The minimum atomic E-state index is -0.0438. The second kappa shape index (κ2) is 8.29. The summed E-state index contributed by atoms with van der Waals surface area (Å²) < 4.78 is 1.81. The summed E-state index contributed by atoms with van der Waals surface area (Å²) >= 11 is 0. The van der Waals surface area contributed by atoms with Crippen LogP contribution in [0.4, 0.5) is 11.5 Å². The summed E-state index contributed by atoms with van der Waals surface area (Å²) in [6.45, 7) is 4.91. The smallest absolute Gasteiger partial charge is 0.256 e. The molecule has 0 saturated carbocycles. The van der Waals surface area contributed by atoms with Crippen LogP contribution < -0.4 is 10.6 Å². The Hall–Kier alpha value is -3.55. The summed E-state index contributed by atoms with van der Waals surface area (Å²) in [5.41, 5.74) is 9.11. The Labute approximate surface area is 181 Å². The predicted octanol–water partition coefficient (Wildman–Crippen LogP) is 1.98. The second-order valence-corrected chi connectivity index (χ2v) is 8.16. The van der Waals surface area contributed by atoms with Crippen molar-refractivity contribution in [1.29, 1.82) is 0 Å². The number of anilines is 2. The molecule has 1 aliphatic rings. The van der Waals surface area contributed by atoms with E-state index in [4.69, 9.17) is 5.73 Å². The van der Waals surface area contributed by atoms with Gasteiger partial charge in [-0.15, -0.1) is 0 Å². The third-order valence-electron chi connectivity index (χ3n) is 5.79. The Kier molecular flexibility index (Phi) is 5.54. The number of nitrogens with two attached hydrogens (primary N) is 1. The van der Waals surface area contributed by atoms with E-state index in [0.717, 1.165) is 35.4 Å². The van der Waals surface area contributed by atoms with Crippen LogP contribution in [0, 0.1) is 6.92 Å². The highest BCUT2D eigenvalue weighted by Gasteiger charge is 2.26. The Morgan fingerprint density at radius 2 is 1.87 bits per heavy atom. The molecule has 0 radical (unpaired) electrons. The van der Waals surface area contributed by atoms with Gasteiger partial charge in [-0.25, -0.2) is 4.98 Å². The van der Waals surface area contributed by atoms with Gasteiger partial charge in [0.05, 0.1) is 11.1 Å². The molecular formula is C23H28N6O2. The molecule has 2 aromatic heterocycles. The molecule has 4 rings (SSSR count). The Balaban J connectivity index is 1.57. The van der Waals surface area contributed by atoms with E-state index in [0.29, 0.717) is 24.3 Å². The minimum absolute atomic E-state index is 0.0248. The van der Waals surface area contributed by atoms with Gasteiger partial charge in [-0.05, 0) is 36.8 Å². The van der Waals surface area contributed by atoms with Crippen LogP contribution in [0.15, 0.2) is 42.7 Å². The molecule has 2 N–H and O–H groups in total. The van der Waals surface area contributed by atoms with Crippen LogP contribution in [-0.4, -0.2) is 71.4 Å². The maximum atomic E-state index is 13.4. The molecule has 1 aliphatic heterocycles. The molecular weight excluding hydrogens is 392 g/mol. The fraction of sp³-hybridized carbons (Fsp3) is 0.348. The molecule has 3 heterocycles. The lowest BCUT2D eigenvalue weighted by Crippen LogP contribution is -2.49. The maximum absolute atomic E-state index is 13.4. The molecule has 8 heteroatoms. The van der Waals surface area contributed by atoms with E-state index in [1.165, 1.54) is 0 Å². The van der Waals surface area contributed by atoms with Crippen molar-refractivity contribution in [2.45, 2.75) is 13.5 Å². The third kappa shape index (κ3) is 4.05. The summed E-state index contributed by atoms with van der Waals surface area (Å²) in [6.07, 6.45) is 3.58. The summed E-state index contributed by atoms with van der Waals surface area (Å²) in [7, 11) is 3.44. The lowest BCUT2D eigenvalue weighted by atomic mass is 10.1. The van der Waals surface area contributed by atoms with Crippen LogP contribution in [-0.2, 0) is 11.3 Å². The molecule has 0 atom stereocenters. The van der Waals surface area contributed by atoms with Crippen LogP contribution >= 0.6 is 0 Å². The van der Waals surface area contributed by atoms with Crippen molar-refractivity contribution in [1.82, 2.24) is 19.4 Å². The van der Waals surface area contributed by atoms with E-state index >= 15 is 0 Å². The normalized spacial score (nSPS) is 14.2. The molecule has 1 aromatic carbocycles. The fourth-order valence-corrected chi connectivity index (χ4v) is 4.00. The number of piperazine rings is 1. The number of aryl methyl sites for hydroxylation is 1. The van der Waals surface area contributed by atoms with Crippen molar-refractivity contribution < 1.29 is 9.59 Å². The first kappa shape index (κ1) is 20.7. The van der Waals surface area contributed by atoms with Gasteiger partial charge in [0.2, 0.25) is 5.91 Å². The van der Waals surface area contributed by atoms with E-state index in [2.05, 4.69) is 22.9 Å². The number of nitrogens with zero attached hydrogens (tertiary/aromatic N) is 5. The molecule has 0 unspecified atom stereocenters. The maximum Gasteiger partial charge on any atom is 0.256 e. The molecule has 162 valence electrons. The number of hydrogen-bond acceptors (Lipinski definition) is 5. The zero-order chi connectivity index (χ0) is 22.1. The highest BCUT2D eigenvalue weighted by Crippen LogP contribution is 2.26. The number of likely N-dealkylation sites (N-methyl/N-ethyl adjacent to an activating group) is 1. The van der Waals surface area contributed by atoms with E-state index in [9.17, 15) is 9.59 Å². The predicted molar refractivity (Wildman–Crippen MR) is 122 cm³/mol. The van der Waals surface area contributed by atoms with Gasteiger partial charge in [0.15, 0.2) is 0 Å². The number of carbonyl (C=O) groups is 2. The van der Waals surface area contributed by atoms with Gasteiger partial charge in [0.25, 0.3) is 5.91 Å². The van der Waals surface area contributed by atoms with Crippen molar-refractivity contribution in [2.75, 3.05) is 50.9 Å². The highest BCUT2D eigenvalue weighted by atomic mass is 16.2. The van der Waals surface area contributed by atoms with Crippen LogP contribution in [0.3, 0.4) is 0 Å². The molecule has 0 bridgehead atoms. The zero-order valence-electron chi connectivity index (χ0n) is 18.2. The minimum Gasteiger partial charge on any atom is -0.399 e. The Morgan fingerprint density at radius 1 is 1.13 bits per heavy atom. The lowest BCUT2D eigenvalue weighted by molar-refractivity contribution is -0.129. The van der Waals surface area contributed by atoms with Crippen molar-refractivity contribution in [3.63, 3.8) is 0 Å². The van der Waals surface area contributed by atoms with Crippen molar-refractivity contribution >= 4 is 34.2 Å². The van der Waals surface area contributed by atoms with Crippen molar-refractivity contribution in [3.05, 3.63) is 53.9 Å². The van der Waals surface area contributed by atoms with Crippen LogP contribution in [0.2, 0.25) is 0 Å². The molecule has 8 nitrogen and oxygen atoms in total. The first-order chi connectivity index (χ1) is 14.8. The average molecular weight is 421 g/mol. The number of pyridine rings is 1. The second-order valence-electron chi connectivity index (χ2n) is 8.16. The SMILES string of the molecule is Cc1cccnc1N1CCN(C(=O)c2cn(CC(=O)N(C)C)c3cc(N)ccc23)CC1. The number of carbonyl (C=O) groups excluding carboxylic acids is 2. The highest BCUT2D eigenvalue weighted by molar-refractivity contribution is 6.07. The van der Waals surface area contributed by atoms with Crippen molar-refractivity contribution in [3.8, 4) is 0 Å². The summed E-state index contributed by atoms with van der Waals surface area (Å²) in [6, 6.07) is 9.45. The number of rotatable bonds is 4. The standard InChI is InChI=1S/C23H28N6O2/c1-16-5-4-8-25-22(16)27-9-11-28(12-10-27)23(31)19-14-29(15-21(30)26(2)3)20-13-17(24)6-7-18(19)20/h4-8,13-14H,9-12,15,24H2,1-3H3. The monoisotopic (exact) mass is 420 g/mol. The van der Waals surface area contributed by atoms with E-state index in [1.54, 1.807) is 37.5 Å². The summed E-state index contributed by atoms with van der Waals surface area (Å²) in [4.78, 5) is 35.8. The fourth-order valence-electron chi connectivity index (χ4n) is 4.00. The van der Waals surface area contributed by atoms with Gasteiger partial charge in [0.1, 0.15) is 12.4 Å². The molecule has 1 fully saturated rings. The molecule has 0 aliphatic carbocycles. The van der Waals surface area contributed by atoms with Crippen LogP contribution in [0.1, 0.15) is 15.9 Å². The van der Waals surface area contributed by atoms with Crippen LogP contribution in [0.25, 0.3) is 10.9 Å². The molecule has 3 aromatic rings. The Bertz CT molecular complexity index is 1130. The van der Waals surface area contributed by atoms with Crippen LogP contribution in [0.5, 0.6) is 0 Å². The molecule has 0 spiro atoms. The largest absolute Gasteiger partial charge is 0.399 e. The van der Waals surface area contributed by atoms with E-state index < -0.39 is 0 Å². The van der Waals surface area contributed by atoms with Gasteiger partial charge < -0.3 is 25.0 Å². The third-order valence-corrected chi connectivity index (χ3v) is 5.79. The number of benzene rings is 1. The van der Waals surface area contributed by atoms with Gasteiger partial charge in [-0.1, -0.05) is 6.07 Å². The number of fused-ring (bicyclic) bond motifs is 1. The first-order valence-corrected chi connectivity index (χ1v) is 10.4. The van der Waals surface area contributed by atoms with Gasteiger partial charge in [-0.2, -0.15) is 0 Å². The number of nitrogen functional groups attached to an aromatic ring is 1. The lowest BCUT2D eigenvalue weighted by Gasteiger charge is -2.36. The molecule has 1 saturated heterocycles. The number of aromatic nitrogens is 2. The average Bonchev–Trinajstić information content (AvgIpc) is 3.11. The van der Waals surface area contributed by atoms with Crippen molar-refractivity contribution in [2.24, 2.45) is 0 Å². The first-order valence-electron chi connectivity index (χ1n) is 10.4. The quantitative estimate of drug-likeness (QED) is 0.652. The van der Waals surface area contributed by atoms with Gasteiger partial charge >= 0.3 is 0 Å². The number of amides is 2. The van der Waals surface area contributed by atoms with Gasteiger partial charge in [0, 0.05) is 63.7 Å². The van der Waals surface area contributed by atoms with Gasteiger partial charge in [-0.3, -0.25) is 9.59 Å². The Morgan fingerprint density at radius 3 is 2.55 bits per heavy atom. The summed E-state index contributed by atoms with van der Waals surface area (Å²) in [5.74, 6) is 0.907. The zero-order valence-corrected chi connectivity index (χ0v) is 18.2. The topological polar surface area (TPSA) is 87.7 Å². The van der Waals surface area contributed by atoms with E-state index in [-0.39, 0.29) is 18.4 Å². The summed E-state index contributed by atoms with van der Waals surface area (Å²) in [5, 5.41) is 0.814. The number of hydrogen-bond donors (Lipinski definition) is 1. The molecule has 2 amide bonds. The van der Waals surface area contributed by atoms with E-state index in [1.807, 2.05) is 27.7 Å². The molecule has 31 heavy (non-hydrogen) atoms.